The van der Waals surface area contributed by atoms with E-state index in [1.165, 1.54) is 0 Å². The quantitative estimate of drug-likeness (QED) is 0.645. The SMILES string of the molecule is COc1ccc(N2C(=O)c3cccnc3C2Nc2ccc(Br)c(C)c2)cc1. The number of rotatable bonds is 4. The third kappa shape index (κ3) is 3.17. The van der Waals surface area contributed by atoms with Crippen molar-refractivity contribution >= 4 is 33.2 Å². The maximum absolute atomic E-state index is 13.1. The highest BCUT2D eigenvalue weighted by Crippen LogP contribution is 2.37. The zero-order chi connectivity index (χ0) is 19.0. The van der Waals surface area contributed by atoms with Crippen LogP contribution in [-0.4, -0.2) is 18.0 Å². The lowest BCUT2D eigenvalue weighted by Crippen LogP contribution is -2.32. The topological polar surface area (TPSA) is 54.5 Å². The van der Waals surface area contributed by atoms with Crippen LogP contribution in [0.15, 0.2) is 65.3 Å². The first-order chi connectivity index (χ1) is 13.1. The Hall–Kier alpha value is -2.86. The maximum atomic E-state index is 13.1. The number of hydrogen-bond donors (Lipinski definition) is 1. The minimum Gasteiger partial charge on any atom is -0.497 e. The molecule has 1 N–H and O–H groups in total. The third-order valence-electron chi connectivity index (χ3n) is 4.62. The number of hydrogen-bond acceptors (Lipinski definition) is 4. The molecule has 27 heavy (non-hydrogen) atoms. The average Bonchev–Trinajstić information content (AvgIpc) is 2.97. The smallest absolute Gasteiger partial charge is 0.262 e. The number of nitrogens with one attached hydrogen (secondary N) is 1. The van der Waals surface area contributed by atoms with Crippen LogP contribution in [0.2, 0.25) is 0 Å². The number of pyridine rings is 1. The number of carbonyl (C=O) groups excluding carboxylic acids is 1. The fourth-order valence-electron chi connectivity index (χ4n) is 3.22. The second kappa shape index (κ2) is 7.04. The van der Waals surface area contributed by atoms with Gasteiger partial charge >= 0.3 is 0 Å². The van der Waals surface area contributed by atoms with Gasteiger partial charge in [0.05, 0.1) is 18.4 Å². The van der Waals surface area contributed by atoms with Crippen LogP contribution in [-0.2, 0) is 0 Å². The minimum atomic E-state index is -0.386. The molecular formula is C21H18BrN3O2. The van der Waals surface area contributed by atoms with E-state index in [0.717, 1.165) is 32.9 Å². The summed E-state index contributed by atoms with van der Waals surface area (Å²) in [7, 11) is 1.62. The number of halogens is 1. The highest BCUT2D eigenvalue weighted by Gasteiger charge is 2.39. The summed E-state index contributed by atoms with van der Waals surface area (Å²) in [5, 5.41) is 3.46. The highest BCUT2D eigenvalue weighted by atomic mass is 79.9. The van der Waals surface area contributed by atoms with Crippen molar-refractivity contribution in [2.75, 3.05) is 17.3 Å². The Morgan fingerprint density at radius 3 is 2.63 bits per heavy atom. The monoisotopic (exact) mass is 423 g/mol. The predicted molar refractivity (Wildman–Crippen MR) is 109 cm³/mol. The first kappa shape index (κ1) is 17.5. The van der Waals surface area contributed by atoms with E-state index in [0.29, 0.717) is 5.56 Å². The van der Waals surface area contributed by atoms with E-state index in [4.69, 9.17) is 4.74 Å². The average molecular weight is 424 g/mol. The van der Waals surface area contributed by atoms with Gasteiger partial charge in [0, 0.05) is 22.0 Å². The lowest BCUT2D eigenvalue weighted by Gasteiger charge is -2.27. The van der Waals surface area contributed by atoms with Crippen molar-refractivity contribution in [3.63, 3.8) is 0 Å². The van der Waals surface area contributed by atoms with Crippen molar-refractivity contribution in [3.8, 4) is 5.75 Å². The van der Waals surface area contributed by atoms with E-state index < -0.39 is 0 Å². The van der Waals surface area contributed by atoms with Gasteiger partial charge in [-0.1, -0.05) is 15.9 Å². The summed E-state index contributed by atoms with van der Waals surface area (Å²) in [4.78, 5) is 19.3. The molecule has 136 valence electrons. The fraction of sp³-hybridized carbons (Fsp3) is 0.143. The van der Waals surface area contributed by atoms with Crippen LogP contribution in [0.3, 0.4) is 0 Å². The summed E-state index contributed by atoms with van der Waals surface area (Å²) in [6.45, 7) is 2.03. The summed E-state index contributed by atoms with van der Waals surface area (Å²) in [5.74, 6) is 0.670. The number of fused-ring (bicyclic) bond motifs is 1. The van der Waals surface area contributed by atoms with Gasteiger partial charge in [-0.05, 0) is 67.1 Å². The second-order valence-corrected chi connectivity index (χ2v) is 7.17. The van der Waals surface area contributed by atoms with Gasteiger partial charge in [-0.15, -0.1) is 0 Å². The van der Waals surface area contributed by atoms with Crippen LogP contribution in [0.5, 0.6) is 5.75 Å². The lowest BCUT2D eigenvalue weighted by atomic mass is 10.2. The molecule has 1 unspecified atom stereocenters. The first-order valence-corrected chi connectivity index (χ1v) is 9.33. The molecule has 2 aromatic carbocycles. The van der Waals surface area contributed by atoms with Crippen molar-refractivity contribution in [1.29, 1.82) is 0 Å². The van der Waals surface area contributed by atoms with E-state index >= 15 is 0 Å². The number of nitrogens with zero attached hydrogens (tertiary/aromatic N) is 2. The Morgan fingerprint density at radius 2 is 1.93 bits per heavy atom. The minimum absolute atomic E-state index is 0.0744. The maximum Gasteiger partial charge on any atom is 0.262 e. The van der Waals surface area contributed by atoms with Gasteiger partial charge in [0.1, 0.15) is 5.75 Å². The predicted octanol–water partition coefficient (Wildman–Crippen LogP) is 4.93. The number of benzene rings is 2. The zero-order valence-corrected chi connectivity index (χ0v) is 16.5. The standard InChI is InChI=1S/C21H18BrN3O2/c1-13-12-14(5-10-18(13)22)24-20-19-17(4-3-11-23-19)21(26)25(20)15-6-8-16(27-2)9-7-15/h3-12,20,24H,1-2H3. The van der Waals surface area contributed by atoms with Crippen LogP contribution in [0.1, 0.15) is 27.8 Å². The molecule has 0 fully saturated rings. The van der Waals surface area contributed by atoms with Crippen LogP contribution < -0.4 is 15.0 Å². The number of methoxy groups -OCH3 is 1. The Labute approximate surface area is 166 Å². The van der Waals surface area contributed by atoms with Crippen LogP contribution in [0, 0.1) is 6.92 Å². The summed E-state index contributed by atoms with van der Waals surface area (Å²) >= 11 is 3.52. The molecule has 1 aromatic heterocycles. The van der Waals surface area contributed by atoms with Crippen molar-refractivity contribution in [2.45, 2.75) is 13.1 Å². The van der Waals surface area contributed by atoms with Crippen molar-refractivity contribution < 1.29 is 9.53 Å². The van der Waals surface area contributed by atoms with Gasteiger partial charge in [0.25, 0.3) is 5.91 Å². The number of aromatic nitrogens is 1. The number of anilines is 2. The fourth-order valence-corrected chi connectivity index (χ4v) is 3.47. The third-order valence-corrected chi connectivity index (χ3v) is 5.51. The van der Waals surface area contributed by atoms with Gasteiger partial charge in [-0.2, -0.15) is 0 Å². The van der Waals surface area contributed by atoms with Crippen molar-refractivity contribution in [3.05, 3.63) is 82.1 Å². The molecule has 4 rings (SSSR count). The van der Waals surface area contributed by atoms with Crippen LogP contribution >= 0.6 is 15.9 Å². The molecule has 3 aromatic rings. The molecule has 0 aliphatic carbocycles. The van der Waals surface area contributed by atoms with Crippen molar-refractivity contribution in [1.82, 2.24) is 4.98 Å². The largest absolute Gasteiger partial charge is 0.497 e. The first-order valence-electron chi connectivity index (χ1n) is 8.53. The highest BCUT2D eigenvalue weighted by molar-refractivity contribution is 9.10. The molecule has 5 nitrogen and oxygen atoms in total. The van der Waals surface area contributed by atoms with Gasteiger partial charge in [0.2, 0.25) is 0 Å². The number of aryl methyl sites for hydroxylation is 1. The number of ether oxygens (including phenoxy) is 1. The number of carbonyl (C=O) groups is 1. The molecule has 2 heterocycles. The molecular weight excluding hydrogens is 406 g/mol. The molecule has 0 radical (unpaired) electrons. The van der Waals surface area contributed by atoms with E-state index in [1.54, 1.807) is 24.3 Å². The molecule has 0 saturated carbocycles. The summed E-state index contributed by atoms with van der Waals surface area (Å²) in [6.07, 6.45) is 1.33. The summed E-state index contributed by atoms with van der Waals surface area (Å²) in [6, 6.07) is 17.1. The normalized spacial score (nSPS) is 15.6. The van der Waals surface area contributed by atoms with Gasteiger partial charge in [-0.3, -0.25) is 14.7 Å². The molecule has 1 aliphatic heterocycles. The van der Waals surface area contributed by atoms with E-state index in [1.807, 2.05) is 55.5 Å². The van der Waals surface area contributed by atoms with E-state index in [2.05, 4.69) is 26.2 Å². The van der Waals surface area contributed by atoms with Crippen LogP contribution in [0.4, 0.5) is 11.4 Å². The van der Waals surface area contributed by atoms with Gasteiger partial charge < -0.3 is 10.1 Å². The summed E-state index contributed by atoms with van der Waals surface area (Å²) < 4.78 is 6.27. The Balaban J connectivity index is 1.76. The molecule has 0 saturated heterocycles. The molecule has 1 aliphatic rings. The zero-order valence-electron chi connectivity index (χ0n) is 14.9. The molecule has 6 heteroatoms. The Bertz CT molecular complexity index is 1000. The van der Waals surface area contributed by atoms with E-state index in [9.17, 15) is 4.79 Å². The Kier molecular flexibility index (Phi) is 4.58. The van der Waals surface area contributed by atoms with Crippen LogP contribution in [0.25, 0.3) is 0 Å². The van der Waals surface area contributed by atoms with Crippen molar-refractivity contribution in [2.24, 2.45) is 0 Å². The molecule has 1 atom stereocenters. The summed E-state index contributed by atoms with van der Waals surface area (Å²) in [5.41, 5.74) is 4.15. The number of amides is 1. The van der Waals surface area contributed by atoms with Gasteiger partial charge in [0.15, 0.2) is 6.17 Å². The Morgan fingerprint density at radius 1 is 1.15 bits per heavy atom. The lowest BCUT2D eigenvalue weighted by molar-refractivity contribution is 0.0993. The molecule has 0 bridgehead atoms. The van der Waals surface area contributed by atoms with Gasteiger partial charge in [-0.25, -0.2) is 0 Å². The second-order valence-electron chi connectivity index (χ2n) is 6.32. The van der Waals surface area contributed by atoms with E-state index in [-0.39, 0.29) is 12.1 Å². The molecule has 0 spiro atoms. The molecule has 1 amide bonds.